The van der Waals surface area contributed by atoms with Crippen LogP contribution in [0.25, 0.3) is 0 Å². The first-order chi connectivity index (χ1) is 18.6. The molecule has 4 rings (SSSR count). The molecule has 1 aliphatic rings. The number of anilines is 1. The number of benzene rings is 2. The van der Waals surface area contributed by atoms with Gasteiger partial charge in [0.1, 0.15) is 0 Å². The lowest BCUT2D eigenvalue weighted by Crippen LogP contribution is -2.60. The van der Waals surface area contributed by atoms with E-state index in [-0.39, 0.29) is 44.4 Å². The van der Waals surface area contributed by atoms with Crippen LogP contribution in [0.2, 0.25) is 10.0 Å². The lowest BCUT2D eigenvalue weighted by atomic mass is 9.78. The number of carbonyl (C=O) groups excluding carboxylic acids is 2. The van der Waals surface area contributed by atoms with Crippen molar-refractivity contribution in [3.8, 4) is 0 Å². The highest BCUT2D eigenvalue weighted by Gasteiger charge is 2.46. The number of hydrogen-bond donors (Lipinski definition) is 2. The molecule has 2 N–H and O–H groups in total. The second-order valence-electron chi connectivity index (χ2n) is 10.0. The van der Waals surface area contributed by atoms with Gasteiger partial charge in [0.05, 0.1) is 12.7 Å². The maximum Gasteiger partial charge on any atom is 0.324 e. The van der Waals surface area contributed by atoms with Crippen LogP contribution in [0.3, 0.4) is 0 Å². The number of carbonyl (C=O) groups is 3. The number of halogens is 2. The van der Waals surface area contributed by atoms with Crippen LogP contribution in [0.5, 0.6) is 0 Å². The van der Waals surface area contributed by atoms with Crippen molar-refractivity contribution in [2.75, 3.05) is 24.5 Å². The van der Waals surface area contributed by atoms with Gasteiger partial charge in [-0.05, 0) is 43.2 Å². The largest absolute Gasteiger partial charge is 0.481 e. The van der Waals surface area contributed by atoms with Gasteiger partial charge in [-0.2, -0.15) is 0 Å². The summed E-state index contributed by atoms with van der Waals surface area (Å²) in [4.78, 5) is 46.0. The fourth-order valence-electron chi connectivity index (χ4n) is 4.92. The molecule has 0 bridgehead atoms. The van der Waals surface area contributed by atoms with Crippen molar-refractivity contribution in [3.05, 3.63) is 82.4 Å². The summed E-state index contributed by atoms with van der Waals surface area (Å²) in [5, 5.41) is 13.7. The molecule has 1 fully saturated rings. The fraction of sp³-hybridized carbons (Fsp3) is 0.357. The molecule has 1 aliphatic heterocycles. The van der Waals surface area contributed by atoms with Crippen LogP contribution in [0.4, 0.5) is 10.5 Å². The van der Waals surface area contributed by atoms with Crippen LogP contribution in [0.1, 0.15) is 30.4 Å². The molecular weight excluding hydrogens is 541 g/mol. The molecule has 0 saturated carbocycles. The van der Waals surface area contributed by atoms with Crippen LogP contribution in [-0.2, 0) is 22.7 Å². The van der Waals surface area contributed by atoms with Crippen LogP contribution in [-0.4, -0.2) is 57.1 Å². The van der Waals surface area contributed by atoms with Crippen molar-refractivity contribution < 1.29 is 19.5 Å². The van der Waals surface area contributed by atoms with E-state index in [1.807, 2.05) is 42.0 Å². The smallest absolute Gasteiger partial charge is 0.324 e. The molecule has 39 heavy (non-hydrogen) atoms. The minimum absolute atomic E-state index is 0.0507. The van der Waals surface area contributed by atoms with Gasteiger partial charge in [-0.3, -0.25) is 14.5 Å². The number of aryl methyl sites for hydroxylation is 2. The molecule has 1 unspecified atom stereocenters. The molecule has 3 aromatic rings. The molecule has 11 heteroatoms. The first-order valence-electron chi connectivity index (χ1n) is 12.7. The van der Waals surface area contributed by atoms with Gasteiger partial charge < -0.3 is 19.9 Å². The second kappa shape index (κ2) is 12.5. The van der Waals surface area contributed by atoms with Crippen molar-refractivity contribution in [1.82, 2.24) is 19.8 Å². The molecular formula is C28H31Cl2N5O4. The highest BCUT2D eigenvalue weighted by atomic mass is 35.5. The summed E-state index contributed by atoms with van der Waals surface area (Å²) in [5.41, 5.74) is 1.30. The van der Waals surface area contributed by atoms with E-state index < -0.39 is 11.4 Å². The Balaban J connectivity index is 1.58. The van der Waals surface area contributed by atoms with Gasteiger partial charge in [0.15, 0.2) is 0 Å². The van der Waals surface area contributed by atoms with E-state index in [0.717, 1.165) is 5.56 Å². The molecule has 0 spiro atoms. The van der Waals surface area contributed by atoms with E-state index >= 15 is 0 Å². The number of carboxylic acids is 1. The van der Waals surface area contributed by atoms with Crippen molar-refractivity contribution >= 4 is 46.8 Å². The zero-order valence-corrected chi connectivity index (χ0v) is 23.2. The first kappa shape index (κ1) is 28.4. The number of urea groups is 1. The zero-order chi connectivity index (χ0) is 28.0. The minimum atomic E-state index is -1.04. The molecule has 9 nitrogen and oxygen atoms in total. The monoisotopic (exact) mass is 571 g/mol. The summed E-state index contributed by atoms with van der Waals surface area (Å²) >= 11 is 12.5. The summed E-state index contributed by atoms with van der Waals surface area (Å²) < 4.78 is 1.92. The number of rotatable bonds is 11. The van der Waals surface area contributed by atoms with Gasteiger partial charge in [0.2, 0.25) is 5.91 Å². The summed E-state index contributed by atoms with van der Waals surface area (Å²) in [6.45, 7) is 3.40. The number of nitrogens with one attached hydrogen (secondary N) is 1. The van der Waals surface area contributed by atoms with E-state index in [2.05, 4.69) is 10.3 Å². The second-order valence-corrected chi connectivity index (χ2v) is 10.9. The molecule has 0 radical (unpaired) electrons. The number of aromatic nitrogens is 2. The van der Waals surface area contributed by atoms with Gasteiger partial charge in [-0.1, -0.05) is 47.0 Å². The standard InChI is InChI=1S/C28H31Cl2N5O4/c1-20-3-7-23(8-4-20)35-18-28(15-26(37)38,14-25(36)32-9-2-11-33-12-10-31-19-33)17-34(27(35)39)16-21-5-6-22(29)13-24(21)30/h3-8,10,12-13,19H,2,9,11,14-18H2,1H3,(H,32,36)(H,37,38). The molecule has 0 aliphatic carbocycles. The van der Waals surface area contributed by atoms with Crippen molar-refractivity contribution in [3.63, 3.8) is 0 Å². The van der Waals surface area contributed by atoms with Crippen molar-refractivity contribution in [2.24, 2.45) is 5.41 Å². The number of hydrogen-bond acceptors (Lipinski definition) is 4. The lowest BCUT2D eigenvalue weighted by Gasteiger charge is -2.47. The third kappa shape index (κ3) is 7.52. The Labute approximate surface area is 237 Å². The number of amides is 3. The van der Waals surface area contributed by atoms with E-state index in [0.29, 0.717) is 40.8 Å². The number of carboxylic acid groups (broad SMARTS) is 1. The number of nitrogens with zero attached hydrogens (tertiary/aromatic N) is 4. The maximum absolute atomic E-state index is 13.7. The fourth-order valence-corrected chi connectivity index (χ4v) is 5.39. The van der Waals surface area contributed by atoms with Crippen molar-refractivity contribution in [1.29, 1.82) is 0 Å². The van der Waals surface area contributed by atoms with Crippen molar-refractivity contribution in [2.45, 2.75) is 39.3 Å². The molecule has 2 aromatic carbocycles. The quantitative estimate of drug-likeness (QED) is 0.315. The number of imidazole rings is 1. The lowest BCUT2D eigenvalue weighted by molar-refractivity contribution is -0.140. The Bertz CT molecular complexity index is 1320. The van der Waals surface area contributed by atoms with Crippen LogP contribution in [0, 0.1) is 12.3 Å². The van der Waals surface area contributed by atoms with Gasteiger partial charge in [-0.15, -0.1) is 0 Å². The Morgan fingerprint density at radius 1 is 1.10 bits per heavy atom. The van der Waals surface area contributed by atoms with Crippen LogP contribution in [0.15, 0.2) is 61.2 Å². The zero-order valence-electron chi connectivity index (χ0n) is 21.6. The Kier molecular flexibility index (Phi) is 9.14. The van der Waals surface area contributed by atoms with E-state index in [4.69, 9.17) is 23.2 Å². The SMILES string of the molecule is Cc1ccc(N2CC(CC(=O)O)(CC(=O)NCCCn3ccnc3)CN(Cc3ccc(Cl)cc3Cl)C2=O)cc1. The average Bonchev–Trinajstić information content (AvgIpc) is 3.39. The summed E-state index contributed by atoms with van der Waals surface area (Å²) in [5.74, 6) is -1.30. The van der Waals surface area contributed by atoms with Gasteiger partial charge in [-0.25, -0.2) is 9.78 Å². The molecule has 1 atom stereocenters. The maximum atomic E-state index is 13.7. The average molecular weight is 572 g/mol. The molecule has 1 saturated heterocycles. The molecule has 3 amide bonds. The molecule has 206 valence electrons. The summed E-state index contributed by atoms with van der Waals surface area (Å²) in [6, 6.07) is 12.2. The Morgan fingerprint density at radius 3 is 2.54 bits per heavy atom. The van der Waals surface area contributed by atoms with E-state index in [1.165, 1.54) is 0 Å². The van der Waals surface area contributed by atoms with Crippen LogP contribution >= 0.6 is 23.2 Å². The van der Waals surface area contributed by atoms with Gasteiger partial charge in [0, 0.05) is 72.7 Å². The topological polar surface area (TPSA) is 108 Å². The van der Waals surface area contributed by atoms with Gasteiger partial charge in [0.25, 0.3) is 0 Å². The van der Waals surface area contributed by atoms with Crippen LogP contribution < -0.4 is 10.2 Å². The first-order valence-corrected chi connectivity index (χ1v) is 13.4. The van der Waals surface area contributed by atoms with E-state index in [9.17, 15) is 19.5 Å². The summed E-state index contributed by atoms with van der Waals surface area (Å²) in [6.07, 6.45) is 5.62. The predicted octanol–water partition coefficient (Wildman–Crippen LogP) is 5.00. The Morgan fingerprint density at radius 2 is 1.87 bits per heavy atom. The Hall–Kier alpha value is -3.56. The predicted molar refractivity (Wildman–Crippen MR) is 150 cm³/mol. The minimum Gasteiger partial charge on any atom is -0.481 e. The number of aliphatic carboxylic acids is 1. The summed E-state index contributed by atoms with van der Waals surface area (Å²) in [7, 11) is 0. The van der Waals surface area contributed by atoms with E-state index in [1.54, 1.807) is 40.5 Å². The third-order valence-corrected chi connectivity index (χ3v) is 7.37. The highest BCUT2D eigenvalue weighted by Crippen LogP contribution is 2.37. The highest BCUT2D eigenvalue weighted by molar-refractivity contribution is 6.35. The molecule has 1 aromatic heterocycles. The van der Waals surface area contributed by atoms with Gasteiger partial charge >= 0.3 is 12.0 Å². The third-order valence-electron chi connectivity index (χ3n) is 6.78. The normalized spacial score (nSPS) is 17.4. The molecule has 2 heterocycles.